The van der Waals surface area contributed by atoms with E-state index in [0.717, 1.165) is 12.3 Å². The number of pyridine rings is 1. The first-order chi connectivity index (χ1) is 8.50. The lowest BCUT2D eigenvalue weighted by atomic mass is 10.2. The molecule has 0 aliphatic carbocycles. The van der Waals surface area contributed by atoms with Crippen molar-refractivity contribution in [1.82, 2.24) is 4.98 Å². The Kier molecular flexibility index (Phi) is 3.60. The summed E-state index contributed by atoms with van der Waals surface area (Å²) < 4.78 is 0. The van der Waals surface area contributed by atoms with Crippen LogP contribution in [0.3, 0.4) is 0 Å². The number of aromatic nitrogens is 1. The van der Waals surface area contributed by atoms with Crippen LogP contribution in [0.2, 0.25) is 0 Å². The van der Waals surface area contributed by atoms with Crippen LogP contribution in [0.25, 0.3) is 0 Å². The Morgan fingerprint density at radius 2 is 2.28 bits per heavy atom. The second-order valence-electron chi connectivity index (χ2n) is 4.35. The Hall–Kier alpha value is -1.50. The predicted octanol–water partition coefficient (Wildman–Crippen LogP) is 1.90. The SMILES string of the molecule is CC1SCCN(c2nc(N)ccc2[N+](=O)[O-])C1C. The molecule has 2 rings (SSSR count). The first-order valence-corrected chi connectivity index (χ1v) is 6.84. The van der Waals surface area contributed by atoms with Crippen molar-refractivity contribution in [3.05, 3.63) is 22.2 Å². The second kappa shape index (κ2) is 5.01. The zero-order chi connectivity index (χ0) is 13.3. The summed E-state index contributed by atoms with van der Waals surface area (Å²) in [4.78, 5) is 16.8. The summed E-state index contributed by atoms with van der Waals surface area (Å²) in [6.07, 6.45) is 0. The lowest BCUT2D eigenvalue weighted by molar-refractivity contribution is -0.384. The minimum Gasteiger partial charge on any atom is -0.384 e. The van der Waals surface area contributed by atoms with Crippen molar-refractivity contribution in [1.29, 1.82) is 0 Å². The van der Waals surface area contributed by atoms with Gasteiger partial charge in [0.25, 0.3) is 0 Å². The molecule has 2 heterocycles. The average Bonchev–Trinajstić information content (AvgIpc) is 2.32. The van der Waals surface area contributed by atoms with E-state index < -0.39 is 4.92 Å². The molecule has 98 valence electrons. The van der Waals surface area contributed by atoms with Gasteiger partial charge >= 0.3 is 5.69 Å². The van der Waals surface area contributed by atoms with E-state index in [2.05, 4.69) is 18.8 Å². The molecule has 18 heavy (non-hydrogen) atoms. The summed E-state index contributed by atoms with van der Waals surface area (Å²) >= 11 is 1.87. The predicted molar refractivity (Wildman–Crippen MR) is 74.0 cm³/mol. The van der Waals surface area contributed by atoms with Gasteiger partial charge in [-0.3, -0.25) is 10.1 Å². The van der Waals surface area contributed by atoms with E-state index in [1.165, 1.54) is 12.1 Å². The molecule has 6 nitrogen and oxygen atoms in total. The fraction of sp³-hybridized carbons (Fsp3) is 0.545. The number of nitrogens with zero attached hydrogens (tertiary/aromatic N) is 3. The largest absolute Gasteiger partial charge is 0.384 e. The maximum atomic E-state index is 11.1. The smallest absolute Gasteiger partial charge is 0.311 e. The lowest BCUT2D eigenvalue weighted by Crippen LogP contribution is -2.45. The Bertz CT molecular complexity index is 468. The van der Waals surface area contributed by atoms with Crippen molar-refractivity contribution in [3.63, 3.8) is 0 Å². The molecule has 0 aromatic carbocycles. The molecule has 2 N–H and O–H groups in total. The highest BCUT2D eigenvalue weighted by atomic mass is 32.2. The zero-order valence-corrected chi connectivity index (χ0v) is 11.2. The molecule has 1 fully saturated rings. The van der Waals surface area contributed by atoms with E-state index in [-0.39, 0.29) is 11.7 Å². The van der Waals surface area contributed by atoms with Gasteiger partial charge in [0, 0.05) is 29.7 Å². The number of nitrogen functional groups attached to an aromatic ring is 1. The molecule has 0 radical (unpaired) electrons. The maximum Gasteiger partial charge on any atom is 0.311 e. The molecular formula is C11H16N4O2S. The van der Waals surface area contributed by atoms with Crippen LogP contribution in [0.4, 0.5) is 17.3 Å². The van der Waals surface area contributed by atoms with Gasteiger partial charge in [0.2, 0.25) is 5.82 Å². The minimum absolute atomic E-state index is 0.0233. The van der Waals surface area contributed by atoms with Crippen LogP contribution in [-0.2, 0) is 0 Å². The topological polar surface area (TPSA) is 85.3 Å². The summed E-state index contributed by atoms with van der Waals surface area (Å²) in [7, 11) is 0. The molecule has 7 heteroatoms. The molecule has 2 atom stereocenters. The van der Waals surface area contributed by atoms with Crippen LogP contribution < -0.4 is 10.6 Å². The zero-order valence-electron chi connectivity index (χ0n) is 10.4. The van der Waals surface area contributed by atoms with Crippen LogP contribution >= 0.6 is 11.8 Å². The second-order valence-corrected chi connectivity index (χ2v) is 5.83. The highest BCUT2D eigenvalue weighted by molar-refractivity contribution is 8.00. The average molecular weight is 268 g/mol. The third kappa shape index (κ3) is 2.35. The third-order valence-corrected chi connectivity index (χ3v) is 4.57. The van der Waals surface area contributed by atoms with E-state index in [0.29, 0.717) is 16.9 Å². The molecule has 1 saturated heterocycles. The minimum atomic E-state index is -0.402. The molecule has 1 aromatic heterocycles. The van der Waals surface area contributed by atoms with E-state index in [4.69, 9.17) is 5.73 Å². The molecule has 1 aliphatic heterocycles. The van der Waals surface area contributed by atoms with Crippen molar-refractivity contribution in [3.8, 4) is 0 Å². The standard InChI is InChI=1S/C11H16N4O2S/c1-7-8(2)18-6-5-14(7)11-9(15(16)17)3-4-10(12)13-11/h3-4,7-8H,5-6H2,1-2H3,(H2,12,13). The van der Waals surface area contributed by atoms with Crippen molar-refractivity contribution in [2.24, 2.45) is 0 Å². The summed E-state index contributed by atoms with van der Waals surface area (Å²) in [6.45, 7) is 4.94. The van der Waals surface area contributed by atoms with Gasteiger partial charge in [-0.25, -0.2) is 4.98 Å². The van der Waals surface area contributed by atoms with Gasteiger partial charge in [0.15, 0.2) is 0 Å². The van der Waals surface area contributed by atoms with Gasteiger partial charge < -0.3 is 10.6 Å². The summed E-state index contributed by atoms with van der Waals surface area (Å²) in [5.74, 6) is 1.65. The first-order valence-electron chi connectivity index (χ1n) is 5.80. The van der Waals surface area contributed by atoms with Gasteiger partial charge in [-0.05, 0) is 13.0 Å². The van der Waals surface area contributed by atoms with Crippen LogP contribution in [-0.4, -0.2) is 33.5 Å². The Labute approximate surface area is 110 Å². The molecule has 2 unspecified atom stereocenters. The number of rotatable bonds is 2. The van der Waals surface area contributed by atoms with E-state index >= 15 is 0 Å². The number of nitro groups is 1. The van der Waals surface area contributed by atoms with Gasteiger partial charge in [0.1, 0.15) is 5.82 Å². The van der Waals surface area contributed by atoms with Crippen LogP contribution in [0.15, 0.2) is 12.1 Å². The van der Waals surface area contributed by atoms with Gasteiger partial charge in [-0.1, -0.05) is 6.92 Å². The summed E-state index contributed by atoms with van der Waals surface area (Å²) in [5.41, 5.74) is 5.67. The molecule has 0 saturated carbocycles. The molecule has 0 spiro atoms. The Balaban J connectivity index is 2.42. The van der Waals surface area contributed by atoms with Crippen molar-refractivity contribution in [2.75, 3.05) is 22.9 Å². The summed E-state index contributed by atoms with van der Waals surface area (Å²) in [5, 5.41) is 11.5. The normalized spacial score (nSPS) is 24.0. The summed E-state index contributed by atoms with van der Waals surface area (Å²) in [6, 6.07) is 3.10. The van der Waals surface area contributed by atoms with E-state index in [1.807, 2.05) is 16.7 Å². The van der Waals surface area contributed by atoms with Gasteiger partial charge in [0.05, 0.1) is 4.92 Å². The highest BCUT2D eigenvalue weighted by Gasteiger charge is 2.31. The lowest BCUT2D eigenvalue weighted by Gasteiger charge is -2.37. The monoisotopic (exact) mass is 268 g/mol. The van der Waals surface area contributed by atoms with Crippen LogP contribution in [0, 0.1) is 10.1 Å². The number of nitrogens with two attached hydrogens (primary N) is 1. The van der Waals surface area contributed by atoms with E-state index in [1.54, 1.807) is 0 Å². The van der Waals surface area contributed by atoms with Crippen molar-refractivity contribution < 1.29 is 4.92 Å². The molecule has 0 bridgehead atoms. The van der Waals surface area contributed by atoms with E-state index in [9.17, 15) is 10.1 Å². The van der Waals surface area contributed by atoms with Gasteiger partial charge in [-0.15, -0.1) is 0 Å². The Morgan fingerprint density at radius 3 is 2.94 bits per heavy atom. The first kappa shape index (κ1) is 12.9. The number of hydrogen-bond donors (Lipinski definition) is 1. The fourth-order valence-corrected chi connectivity index (χ4v) is 3.14. The van der Waals surface area contributed by atoms with Crippen molar-refractivity contribution >= 4 is 29.1 Å². The van der Waals surface area contributed by atoms with Crippen LogP contribution in [0.1, 0.15) is 13.8 Å². The maximum absolute atomic E-state index is 11.1. The number of hydrogen-bond acceptors (Lipinski definition) is 6. The fourth-order valence-electron chi connectivity index (χ4n) is 2.04. The number of anilines is 2. The van der Waals surface area contributed by atoms with Gasteiger partial charge in [-0.2, -0.15) is 11.8 Å². The molecular weight excluding hydrogens is 252 g/mol. The highest BCUT2D eigenvalue weighted by Crippen LogP contribution is 2.33. The Morgan fingerprint density at radius 1 is 1.56 bits per heavy atom. The third-order valence-electron chi connectivity index (χ3n) is 3.23. The molecule has 1 aromatic rings. The molecule has 0 amide bonds. The quantitative estimate of drug-likeness (QED) is 0.651. The van der Waals surface area contributed by atoms with Crippen LogP contribution in [0.5, 0.6) is 0 Å². The van der Waals surface area contributed by atoms with Crippen molar-refractivity contribution in [2.45, 2.75) is 25.1 Å². The molecule has 1 aliphatic rings. The number of thioether (sulfide) groups is 1.